The lowest BCUT2D eigenvalue weighted by Crippen LogP contribution is -2.25. The van der Waals surface area contributed by atoms with E-state index in [0.717, 1.165) is 24.3 Å². The molecule has 0 bridgehead atoms. The van der Waals surface area contributed by atoms with Crippen LogP contribution in [0, 0.1) is 0 Å². The summed E-state index contributed by atoms with van der Waals surface area (Å²) in [5, 5.41) is 0. The molecule has 0 atom stereocenters. The molecule has 0 unspecified atom stereocenters. The van der Waals surface area contributed by atoms with Crippen molar-refractivity contribution in [3.8, 4) is 5.75 Å². The fourth-order valence-electron chi connectivity index (χ4n) is 1.10. The van der Waals surface area contributed by atoms with Crippen LogP contribution in [0.15, 0.2) is 40.2 Å². The Hall–Kier alpha value is -1.06. The summed E-state index contributed by atoms with van der Waals surface area (Å²) < 4.78 is 65.7. The molecule has 0 radical (unpaired) electrons. The minimum Gasteiger partial charge on any atom is -0.406 e. The number of hydrogen-bond acceptors (Lipinski definition) is 3. The monoisotopic (exact) mass is 359 g/mol. The van der Waals surface area contributed by atoms with Crippen LogP contribution in [0.2, 0.25) is 0 Å². The van der Waals surface area contributed by atoms with E-state index < -0.39 is 22.1 Å². The topological polar surface area (TPSA) is 55.4 Å². The number of ether oxygens (including phenoxy) is 1. The molecule has 0 aliphatic heterocycles. The predicted molar refractivity (Wildman–Crippen MR) is 66.4 cm³/mol. The second kappa shape index (κ2) is 5.93. The van der Waals surface area contributed by atoms with Crippen molar-refractivity contribution in [2.75, 3.05) is 6.54 Å². The van der Waals surface area contributed by atoms with Crippen LogP contribution in [0.1, 0.15) is 0 Å². The van der Waals surface area contributed by atoms with Gasteiger partial charge in [0.25, 0.3) is 0 Å². The second-order valence-corrected chi connectivity index (χ2v) is 6.25. The zero-order valence-corrected chi connectivity index (χ0v) is 11.8. The smallest absolute Gasteiger partial charge is 0.406 e. The van der Waals surface area contributed by atoms with Gasteiger partial charge in [-0.1, -0.05) is 28.6 Å². The van der Waals surface area contributed by atoms with Crippen LogP contribution in [0.4, 0.5) is 13.2 Å². The minimum absolute atomic E-state index is 0.0767. The normalized spacial score (nSPS) is 12.2. The van der Waals surface area contributed by atoms with E-state index in [0.29, 0.717) is 4.48 Å². The van der Waals surface area contributed by atoms with Gasteiger partial charge in [-0.15, -0.1) is 13.2 Å². The fourth-order valence-corrected chi connectivity index (χ4v) is 2.48. The molecule has 19 heavy (non-hydrogen) atoms. The van der Waals surface area contributed by atoms with E-state index in [1.165, 1.54) is 0 Å². The summed E-state index contributed by atoms with van der Waals surface area (Å²) in [5.74, 6) is -0.604. The van der Waals surface area contributed by atoms with Gasteiger partial charge in [0.2, 0.25) is 10.0 Å². The van der Waals surface area contributed by atoms with Crippen LogP contribution < -0.4 is 9.46 Å². The van der Waals surface area contributed by atoms with Crippen LogP contribution in [0.5, 0.6) is 5.75 Å². The molecule has 0 spiro atoms. The maximum Gasteiger partial charge on any atom is 0.573 e. The Morgan fingerprint density at radius 3 is 2.58 bits per heavy atom. The van der Waals surface area contributed by atoms with Crippen molar-refractivity contribution in [3.05, 3.63) is 35.3 Å². The van der Waals surface area contributed by atoms with Crippen LogP contribution in [0.25, 0.3) is 0 Å². The van der Waals surface area contributed by atoms with Crippen molar-refractivity contribution in [2.24, 2.45) is 0 Å². The number of benzene rings is 1. The van der Waals surface area contributed by atoms with E-state index in [-0.39, 0.29) is 11.4 Å². The van der Waals surface area contributed by atoms with Crippen molar-refractivity contribution < 1.29 is 26.3 Å². The quantitative estimate of drug-likeness (QED) is 0.879. The van der Waals surface area contributed by atoms with Crippen molar-refractivity contribution in [1.82, 2.24) is 4.72 Å². The molecule has 0 aromatic heterocycles. The molecule has 1 aromatic carbocycles. The van der Waals surface area contributed by atoms with E-state index >= 15 is 0 Å². The zero-order chi connectivity index (χ0) is 14.7. The van der Waals surface area contributed by atoms with E-state index in [1.807, 2.05) is 0 Å². The molecule has 0 fully saturated rings. The van der Waals surface area contributed by atoms with Crippen LogP contribution >= 0.6 is 15.9 Å². The summed E-state index contributed by atoms with van der Waals surface area (Å²) in [6.45, 7) is 3.36. The minimum atomic E-state index is -4.88. The highest BCUT2D eigenvalue weighted by Gasteiger charge is 2.31. The van der Waals surface area contributed by atoms with Crippen molar-refractivity contribution in [2.45, 2.75) is 11.3 Å². The van der Waals surface area contributed by atoms with Crippen molar-refractivity contribution >= 4 is 26.0 Å². The molecule has 0 aliphatic rings. The molecule has 1 rings (SSSR count). The number of rotatable bonds is 5. The summed E-state index contributed by atoms with van der Waals surface area (Å²) >= 11 is 2.96. The van der Waals surface area contributed by atoms with Gasteiger partial charge < -0.3 is 4.74 Å². The van der Waals surface area contributed by atoms with E-state index in [9.17, 15) is 21.6 Å². The Bertz CT molecular complexity index is 572. The zero-order valence-electron chi connectivity index (χ0n) is 9.37. The Morgan fingerprint density at radius 1 is 1.42 bits per heavy atom. The summed E-state index contributed by atoms with van der Waals surface area (Å²) in [6.07, 6.45) is -4.88. The molecular weight excluding hydrogens is 351 g/mol. The first-order valence-electron chi connectivity index (χ1n) is 4.79. The molecule has 106 valence electrons. The van der Waals surface area contributed by atoms with Gasteiger partial charge in [-0.3, -0.25) is 0 Å². The highest BCUT2D eigenvalue weighted by molar-refractivity contribution is 9.11. The maximum absolute atomic E-state index is 12.0. The van der Waals surface area contributed by atoms with Gasteiger partial charge in [0, 0.05) is 17.1 Å². The Kier molecular flexibility index (Phi) is 4.99. The lowest BCUT2D eigenvalue weighted by molar-refractivity contribution is -0.274. The third-order valence-corrected chi connectivity index (χ3v) is 3.48. The van der Waals surface area contributed by atoms with Gasteiger partial charge in [-0.25, -0.2) is 13.1 Å². The molecule has 0 amide bonds. The molecular formula is C10H9BrF3NO3S. The molecule has 0 saturated heterocycles. The van der Waals surface area contributed by atoms with Gasteiger partial charge in [0.05, 0.1) is 4.90 Å². The molecule has 0 heterocycles. The van der Waals surface area contributed by atoms with Crippen molar-refractivity contribution in [1.29, 1.82) is 0 Å². The van der Waals surface area contributed by atoms with E-state index in [4.69, 9.17) is 0 Å². The molecule has 0 saturated carbocycles. The van der Waals surface area contributed by atoms with E-state index in [1.54, 1.807) is 0 Å². The first kappa shape index (κ1) is 16.0. The van der Waals surface area contributed by atoms with E-state index in [2.05, 4.69) is 32.0 Å². The standard InChI is InChI=1S/C10H9BrF3NO3S/c1-7(11)6-15-19(16,17)9-4-2-3-8(5-9)18-10(12,13)14/h2-5,15H,1,6H2. The summed E-state index contributed by atoms with van der Waals surface area (Å²) in [6, 6.07) is 4.10. The lowest BCUT2D eigenvalue weighted by Gasteiger charge is -2.10. The molecule has 4 nitrogen and oxygen atoms in total. The summed E-state index contributed by atoms with van der Waals surface area (Å²) in [4.78, 5) is -0.331. The number of hydrogen-bond donors (Lipinski definition) is 1. The molecule has 1 N–H and O–H groups in total. The average molecular weight is 360 g/mol. The fraction of sp³-hybridized carbons (Fsp3) is 0.200. The Balaban J connectivity index is 2.95. The van der Waals surface area contributed by atoms with Gasteiger partial charge in [-0.05, 0) is 12.1 Å². The summed E-state index contributed by atoms with van der Waals surface area (Å²) in [5.41, 5.74) is 0. The first-order valence-corrected chi connectivity index (χ1v) is 7.06. The van der Waals surface area contributed by atoms with Gasteiger partial charge in [0.15, 0.2) is 0 Å². The number of halogens is 4. The highest BCUT2D eigenvalue weighted by Crippen LogP contribution is 2.24. The lowest BCUT2D eigenvalue weighted by atomic mass is 10.3. The number of sulfonamides is 1. The SMILES string of the molecule is C=C(Br)CNS(=O)(=O)c1cccc(OC(F)(F)F)c1. The maximum atomic E-state index is 12.0. The van der Waals surface area contributed by atoms with Crippen LogP contribution in [-0.4, -0.2) is 21.3 Å². The number of alkyl halides is 3. The largest absolute Gasteiger partial charge is 0.573 e. The first-order chi connectivity index (χ1) is 8.60. The van der Waals surface area contributed by atoms with Gasteiger partial charge in [-0.2, -0.15) is 0 Å². The third kappa shape index (κ3) is 5.62. The Morgan fingerprint density at radius 2 is 2.05 bits per heavy atom. The second-order valence-electron chi connectivity index (χ2n) is 3.36. The van der Waals surface area contributed by atoms with Crippen LogP contribution in [-0.2, 0) is 10.0 Å². The Labute approximate surface area is 116 Å². The molecule has 0 aliphatic carbocycles. The van der Waals surface area contributed by atoms with Crippen LogP contribution in [0.3, 0.4) is 0 Å². The molecule has 1 aromatic rings. The van der Waals surface area contributed by atoms with Crippen molar-refractivity contribution in [3.63, 3.8) is 0 Å². The number of nitrogens with one attached hydrogen (secondary N) is 1. The van der Waals surface area contributed by atoms with Gasteiger partial charge in [0.1, 0.15) is 5.75 Å². The highest BCUT2D eigenvalue weighted by atomic mass is 79.9. The summed E-state index contributed by atoms with van der Waals surface area (Å²) in [7, 11) is -3.92. The molecule has 9 heteroatoms. The average Bonchev–Trinajstić information content (AvgIpc) is 2.24. The predicted octanol–water partition coefficient (Wildman–Crippen LogP) is 2.77. The third-order valence-electron chi connectivity index (χ3n) is 1.80. The van der Waals surface area contributed by atoms with Gasteiger partial charge >= 0.3 is 6.36 Å².